The number of amides is 2. The predicted octanol–water partition coefficient (Wildman–Crippen LogP) is 2.70. The zero-order valence-electron chi connectivity index (χ0n) is 14.7. The second-order valence-corrected chi connectivity index (χ2v) is 6.59. The summed E-state index contributed by atoms with van der Waals surface area (Å²) < 4.78 is 4.87. The van der Waals surface area contributed by atoms with E-state index in [-0.39, 0.29) is 11.8 Å². The van der Waals surface area contributed by atoms with E-state index >= 15 is 0 Å². The normalized spacial score (nSPS) is 14.6. The van der Waals surface area contributed by atoms with Crippen LogP contribution in [0, 0.1) is 0 Å². The van der Waals surface area contributed by atoms with Gasteiger partial charge in [0, 0.05) is 17.2 Å². The fourth-order valence-corrected chi connectivity index (χ4v) is 2.64. The Hall–Kier alpha value is -3.42. The molecule has 1 unspecified atom stereocenters. The van der Waals surface area contributed by atoms with Crippen LogP contribution >= 0.6 is 0 Å². The lowest BCUT2D eigenvalue weighted by molar-refractivity contribution is -0.117. The number of hydrogen-bond acceptors (Lipinski definition) is 5. The third kappa shape index (κ3) is 3.89. The van der Waals surface area contributed by atoms with Crippen molar-refractivity contribution in [2.75, 3.05) is 5.32 Å². The van der Waals surface area contributed by atoms with Gasteiger partial charge < -0.3 is 15.1 Å². The maximum atomic E-state index is 12.3. The number of hydrogen-bond donors (Lipinski definition) is 3. The van der Waals surface area contributed by atoms with E-state index in [4.69, 9.17) is 4.42 Å². The highest BCUT2D eigenvalue weighted by Gasteiger charge is 2.27. The predicted molar refractivity (Wildman–Crippen MR) is 98.1 cm³/mol. The molecule has 0 spiro atoms. The Labute approximate surface area is 155 Å². The maximum Gasteiger partial charge on any atom is 0.255 e. The number of aromatic nitrogens is 3. The third-order valence-corrected chi connectivity index (χ3v) is 4.40. The van der Waals surface area contributed by atoms with Crippen molar-refractivity contribution in [3.05, 3.63) is 54.2 Å². The van der Waals surface area contributed by atoms with Crippen LogP contribution in [0.4, 0.5) is 5.69 Å². The molecule has 0 aliphatic heterocycles. The Morgan fingerprint density at radius 1 is 1.22 bits per heavy atom. The van der Waals surface area contributed by atoms with Gasteiger partial charge in [0.05, 0.1) is 11.8 Å². The van der Waals surface area contributed by atoms with Crippen molar-refractivity contribution >= 4 is 17.5 Å². The van der Waals surface area contributed by atoms with Gasteiger partial charge in [-0.25, -0.2) is 4.98 Å². The second-order valence-electron chi connectivity index (χ2n) is 6.59. The third-order valence-electron chi connectivity index (χ3n) is 4.40. The molecule has 1 aliphatic rings. The molecule has 2 heterocycles. The molecule has 27 heavy (non-hydrogen) atoms. The molecule has 8 heteroatoms. The number of H-pyrrole nitrogens is 1. The number of rotatable bonds is 6. The van der Waals surface area contributed by atoms with Crippen molar-refractivity contribution in [1.82, 2.24) is 20.5 Å². The smallest absolute Gasteiger partial charge is 0.255 e. The van der Waals surface area contributed by atoms with E-state index in [1.165, 1.54) is 18.6 Å². The summed E-state index contributed by atoms with van der Waals surface area (Å²) in [6.07, 6.45) is 5.06. The number of benzene rings is 1. The van der Waals surface area contributed by atoms with Gasteiger partial charge in [0.1, 0.15) is 18.1 Å². The van der Waals surface area contributed by atoms with Gasteiger partial charge in [-0.2, -0.15) is 5.10 Å². The summed E-state index contributed by atoms with van der Waals surface area (Å²) in [5.41, 5.74) is 1.87. The quantitative estimate of drug-likeness (QED) is 0.622. The van der Waals surface area contributed by atoms with Gasteiger partial charge in [0.2, 0.25) is 5.91 Å². The Morgan fingerprint density at radius 3 is 2.67 bits per heavy atom. The van der Waals surface area contributed by atoms with Crippen molar-refractivity contribution in [2.45, 2.75) is 31.7 Å². The number of carbonyl (C=O) groups is 2. The number of carbonyl (C=O) groups excluding carboxylic acids is 2. The van der Waals surface area contributed by atoms with E-state index in [1.807, 2.05) is 12.1 Å². The Bertz CT molecular complexity index is 942. The summed E-state index contributed by atoms with van der Waals surface area (Å²) in [5, 5.41) is 12.6. The van der Waals surface area contributed by atoms with Crippen LogP contribution in [-0.2, 0) is 4.79 Å². The van der Waals surface area contributed by atoms with E-state index < -0.39 is 6.04 Å². The van der Waals surface area contributed by atoms with Crippen LogP contribution in [0.2, 0.25) is 0 Å². The molecule has 2 aromatic heterocycles. The molecule has 0 saturated heterocycles. The fraction of sp³-hybridized carbons (Fsp3) is 0.263. The van der Waals surface area contributed by atoms with E-state index in [0.29, 0.717) is 23.0 Å². The molecule has 1 fully saturated rings. The molecule has 2 amide bonds. The van der Waals surface area contributed by atoms with Gasteiger partial charge in [0.25, 0.3) is 5.91 Å². The zero-order chi connectivity index (χ0) is 18.8. The van der Waals surface area contributed by atoms with Gasteiger partial charge in [-0.1, -0.05) is 0 Å². The second kappa shape index (κ2) is 7.06. The Morgan fingerprint density at radius 2 is 2.00 bits per heavy atom. The van der Waals surface area contributed by atoms with Crippen molar-refractivity contribution < 1.29 is 14.0 Å². The Kier molecular flexibility index (Phi) is 4.45. The average Bonchev–Trinajstić information content (AvgIpc) is 3.17. The molecule has 0 radical (unpaired) electrons. The van der Waals surface area contributed by atoms with E-state index in [9.17, 15) is 9.59 Å². The lowest BCUT2D eigenvalue weighted by Crippen LogP contribution is -2.41. The molecular weight excluding hydrogens is 346 g/mol. The van der Waals surface area contributed by atoms with Crippen LogP contribution in [0.25, 0.3) is 11.4 Å². The first kappa shape index (κ1) is 17.0. The minimum absolute atomic E-state index is 0.312. The molecule has 1 atom stereocenters. The van der Waals surface area contributed by atoms with Crippen molar-refractivity contribution in [1.29, 1.82) is 0 Å². The monoisotopic (exact) mass is 365 g/mol. The molecular formula is C19H19N5O3. The molecule has 3 aromatic rings. The molecule has 8 nitrogen and oxygen atoms in total. The summed E-state index contributed by atoms with van der Waals surface area (Å²) in [5.74, 6) is 1.43. The first-order valence-corrected chi connectivity index (χ1v) is 8.77. The molecule has 3 N–H and O–H groups in total. The van der Waals surface area contributed by atoms with Gasteiger partial charge >= 0.3 is 0 Å². The summed E-state index contributed by atoms with van der Waals surface area (Å²) >= 11 is 0. The largest absolute Gasteiger partial charge is 0.472 e. The van der Waals surface area contributed by atoms with Gasteiger partial charge in [-0.05, 0) is 50.1 Å². The van der Waals surface area contributed by atoms with Crippen LogP contribution in [0.3, 0.4) is 0 Å². The van der Waals surface area contributed by atoms with Crippen LogP contribution in [0.5, 0.6) is 0 Å². The standard InChI is InChI=1S/C19H19N5O3/c1-11(20-19(26)14-8-9-27-10-14)18(25)21-15-6-4-13(5-7-15)17-22-16(23-24-17)12-2-3-12/h4-12H,2-3H2,1H3,(H,20,26)(H,21,25)(H,22,23,24). The highest BCUT2D eigenvalue weighted by molar-refractivity contribution is 6.00. The first-order valence-electron chi connectivity index (χ1n) is 8.77. The fourth-order valence-electron chi connectivity index (χ4n) is 2.64. The van der Waals surface area contributed by atoms with Gasteiger partial charge in [-0.3, -0.25) is 14.7 Å². The maximum absolute atomic E-state index is 12.3. The summed E-state index contributed by atoms with van der Waals surface area (Å²) in [6, 6.07) is 8.11. The number of furan rings is 1. The molecule has 1 aliphatic carbocycles. The van der Waals surface area contributed by atoms with Crippen LogP contribution in [-0.4, -0.2) is 33.0 Å². The van der Waals surface area contributed by atoms with Crippen LogP contribution in [0.15, 0.2) is 47.3 Å². The van der Waals surface area contributed by atoms with Gasteiger partial charge in [-0.15, -0.1) is 0 Å². The highest BCUT2D eigenvalue weighted by atomic mass is 16.3. The zero-order valence-corrected chi connectivity index (χ0v) is 14.7. The van der Waals surface area contributed by atoms with E-state index in [1.54, 1.807) is 19.1 Å². The minimum atomic E-state index is -0.693. The van der Waals surface area contributed by atoms with Crippen LogP contribution in [0.1, 0.15) is 41.9 Å². The molecule has 1 aromatic carbocycles. The highest BCUT2D eigenvalue weighted by Crippen LogP contribution is 2.38. The number of aromatic amines is 1. The number of nitrogens with one attached hydrogen (secondary N) is 3. The molecule has 4 rings (SSSR count). The van der Waals surface area contributed by atoms with Crippen LogP contribution < -0.4 is 10.6 Å². The lowest BCUT2D eigenvalue weighted by Gasteiger charge is -2.13. The number of anilines is 1. The average molecular weight is 365 g/mol. The lowest BCUT2D eigenvalue weighted by atomic mass is 10.2. The molecule has 138 valence electrons. The molecule has 0 bridgehead atoms. The summed E-state index contributed by atoms with van der Waals surface area (Å²) in [7, 11) is 0. The SMILES string of the molecule is CC(NC(=O)c1ccoc1)C(=O)Nc1ccc(-c2n[nH]c(C3CC3)n2)cc1. The van der Waals surface area contributed by atoms with Gasteiger partial charge in [0.15, 0.2) is 5.82 Å². The summed E-state index contributed by atoms with van der Waals surface area (Å²) in [6.45, 7) is 1.62. The van der Waals surface area contributed by atoms with E-state index in [0.717, 1.165) is 24.2 Å². The minimum Gasteiger partial charge on any atom is -0.472 e. The van der Waals surface area contributed by atoms with Crippen molar-refractivity contribution in [3.63, 3.8) is 0 Å². The number of nitrogens with zero attached hydrogens (tertiary/aromatic N) is 2. The molecule has 1 saturated carbocycles. The van der Waals surface area contributed by atoms with Crippen molar-refractivity contribution in [3.8, 4) is 11.4 Å². The first-order chi connectivity index (χ1) is 13.1. The van der Waals surface area contributed by atoms with Crippen molar-refractivity contribution in [2.24, 2.45) is 0 Å². The summed E-state index contributed by atoms with van der Waals surface area (Å²) in [4.78, 5) is 28.7. The topological polar surface area (TPSA) is 113 Å². The Balaban J connectivity index is 1.35. The van der Waals surface area contributed by atoms with E-state index in [2.05, 4.69) is 25.8 Å².